The second-order valence-electron chi connectivity index (χ2n) is 7.78. The van der Waals surface area contributed by atoms with Gasteiger partial charge >= 0.3 is 5.97 Å². The Labute approximate surface area is 207 Å². The lowest BCUT2D eigenvalue weighted by Gasteiger charge is -2.09. The minimum atomic E-state index is -0.647. The second kappa shape index (κ2) is 11.5. The Morgan fingerprint density at radius 1 is 0.667 bits per heavy atom. The molecule has 0 aliphatic heterocycles. The Kier molecular flexibility index (Phi) is 7.77. The van der Waals surface area contributed by atoms with Gasteiger partial charge in [-0.05, 0) is 59.3 Å². The number of methoxy groups -OCH3 is 1. The van der Waals surface area contributed by atoms with Gasteiger partial charge in [-0.3, -0.25) is 9.59 Å². The first-order valence-electron chi connectivity index (χ1n) is 11.1. The summed E-state index contributed by atoms with van der Waals surface area (Å²) in [6.45, 7) is -0.635. The van der Waals surface area contributed by atoms with Crippen molar-refractivity contribution in [3.63, 3.8) is 0 Å². The van der Waals surface area contributed by atoms with Crippen LogP contribution in [0, 0.1) is 0 Å². The van der Waals surface area contributed by atoms with E-state index < -0.39 is 18.5 Å². The molecule has 182 valence electrons. The summed E-state index contributed by atoms with van der Waals surface area (Å²) in [5, 5.41) is 7.49. The van der Waals surface area contributed by atoms with Crippen LogP contribution >= 0.6 is 0 Å². The molecule has 4 aromatic rings. The van der Waals surface area contributed by atoms with Gasteiger partial charge in [-0.2, -0.15) is 0 Å². The first-order valence-corrected chi connectivity index (χ1v) is 11.1. The molecule has 0 unspecified atom stereocenters. The van der Waals surface area contributed by atoms with Gasteiger partial charge in [-0.25, -0.2) is 4.79 Å². The molecule has 2 amide bonds. The van der Waals surface area contributed by atoms with Gasteiger partial charge in [0.25, 0.3) is 11.8 Å². The lowest BCUT2D eigenvalue weighted by Crippen LogP contribution is -2.21. The summed E-state index contributed by atoms with van der Waals surface area (Å²) in [6.07, 6.45) is 0. The van der Waals surface area contributed by atoms with Crippen molar-refractivity contribution < 1.29 is 28.6 Å². The average Bonchev–Trinajstić information content (AvgIpc) is 2.91. The lowest BCUT2D eigenvalue weighted by molar-refractivity contribution is -0.119. The zero-order chi connectivity index (χ0) is 25.3. The van der Waals surface area contributed by atoms with Crippen molar-refractivity contribution in [2.24, 2.45) is 0 Å². The van der Waals surface area contributed by atoms with E-state index in [4.69, 9.17) is 14.2 Å². The molecule has 0 spiro atoms. The smallest absolute Gasteiger partial charge is 0.338 e. The molecule has 4 aromatic carbocycles. The maximum Gasteiger partial charge on any atom is 0.338 e. The van der Waals surface area contributed by atoms with Gasteiger partial charge in [0.15, 0.2) is 13.2 Å². The minimum Gasteiger partial charge on any atom is -0.497 e. The van der Waals surface area contributed by atoms with Crippen LogP contribution in [-0.2, 0) is 14.3 Å². The third-order valence-corrected chi connectivity index (χ3v) is 5.18. The number of benzene rings is 4. The minimum absolute atomic E-state index is 0.212. The number of hydrogen-bond acceptors (Lipinski definition) is 6. The number of amides is 2. The lowest BCUT2D eigenvalue weighted by atomic mass is 10.1. The van der Waals surface area contributed by atoms with Crippen LogP contribution in [0.4, 0.5) is 11.4 Å². The van der Waals surface area contributed by atoms with Gasteiger partial charge < -0.3 is 24.8 Å². The molecule has 0 radical (unpaired) electrons. The van der Waals surface area contributed by atoms with E-state index in [1.165, 1.54) is 12.1 Å². The molecule has 0 aliphatic carbocycles. The highest BCUT2D eigenvalue weighted by atomic mass is 16.5. The van der Waals surface area contributed by atoms with Gasteiger partial charge in [-0.15, -0.1) is 0 Å². The van der Waals surface area contributed by atoms with Crippen molar-refractivity contribution in [2.45, 2.75) is 0 Å². The Morgan fingerprint density at radius 3 is 2.11 bits per heavy atom. The largest absolute Gasteiger partial charge is 0.497 e. The van der Waals surface area contributed by atoms with E-state index in [0.29, 0.717) is 22.9 Å². The number of carbonyl (C=O) groups is 3. The Morgan fingerprint density at radius 2 is 1.36 bits per heavy atom. The van der Waals surface area contributed by atoms with E-state index in [-0.39, 0.29) is 18.1 Å². The van der Waals surface area contributed by atoms with Crippen molar-refractivity contribution in [1.29, 1.82) is 0 Å². The average molecular weight is 485 g/mol. The zero-order valence-corrected chi connectivity index (χ0v) is 19.5. The number of anilines is 2. The third kappa shape index (κ3) is 6.60. The van der Waals surface area contributed by atoms with E-state index in [1.807, 2.05) is 36.4 Å². The fraction of sp³-hybridized carbons (Fsp3) is 0.107. The second-order valence-corrected chi connectivity index (χ2v) is 7.78. The highest BCUT2D eigenvalue weighted by Gasteiger charge is 2.12. The first-order chi connectivity index (χ1) is 17.5. The molecule has 0 aliphatic rings. The Hall–Kier alpha value is -4.85. The van der Waals surface area contributed by atoms with Gasteiger partial charge in [0, 0.05) is 17.4 Å². The van der Waals surface area contributed by atoms with Crippen molar-refractivity contribution in [2.75, 3.05) is 31.0 Å². The van der Waals surface area contributed by atoms with Crippen LogP contribution < -0.4 is 20.1 Å². The summed E-state index contributed by atoms with van der Waals surface area (Å²) in [4.78, 5) is 36.6. The predicted octanol–water partition coefficient (Wildman–Crippen LogP) is 4.66. The highest BCUT2D eigenvalue weighted by molar-refractivity contribution is 5.97. The van der Waals surface area contributed by atoms with Crippen LogP contribution in [0.2, 0.25) is 0 Å². The number of esters is 1. The molecular formula is C28H24N2O6. The molecular weight excluding hydrogens is 460 g/mol. The predicted molar refractivity (Wildman–Crippen MR) is 136 cm³/mol. The molecule has 0 bridgehead atoms. The number of rotatable bonds is 9. The van der Waals surface area contributed by atoms with Crippen molar-refractivity contribution in [3.8, 4) is 11.5 Å². The molecule has 4 rings (SSSR count). The molecule has 36 heavy (non-hydrogen) atoms. The van der Waals surface area contributed by atoms with Crippen LogP contribution in [-0.4, -0.2) is 38.1 Å². The fourth-order valence-electron chi connectivity index (χ4n) is 3.41. The molecule has 8 heteroatoms. The molecule has 0 heterocycles. The van der Waals surface area contributed by atoms with Crippen molar-refractivity contribution in [1.82, 2.24) is 0 Å². The number of hydrogen-bond donors (Lipinski definition) is 2. The molecule has 0 aromatic heterocycles. The molecule has 2 N–H and O–H groups in total. The summed E-state index contributed by atoms with van der Waals surface area (Å²) in [5.41, 5.74) is 1.46. The number of carbonyl (C=O) groups excluding carboxylic acids is 3. The number of fused-ring (bicyclic) bond motifs is 1. The summed E-state index contributed by atoms with van der Waals surface area (Å²) in [6, 6.07) is 26.4. The molecule has 8 nitrogen and oxygen atoms in total. The van der Waals surface area contributed by atoms with E-state index in [2.05, 4.69) is 10.6 Å². The molecule has 0 saturated heterocycles. The first kappa shape index (κ1) is 24.3. The standard InChI is InChI=1S/C28H24N2O6/c1-34-25-8-4-7-22(16-25)29-26(31)17-35-24-13-10-20(11-14-24)28(33)36-18-27(32)30-23-12-9-19-5-2-3-6-21(19)15-23/h2-16H,17-18H2,1H3,(H,29,31)(H,30,32). The van der Waals surface area contributed by atoms with Gasteiger partial charge in [0.2, 0.25) is 0 Å². The van der Waals surface area contributed by atoms with Crippen LogP contribution in [0.15, 0.2) is 91.0 Å². The quantitative estimate of drug-likeness (QED) is 0.335. The van der Waals surface area contributed by atoms with Crippen LogP contribution in [0.25, 0.3) is 10.8 Å². The summed E-state index contributed by atoms with van der Waals surface area (Å²) in [5.74, 6) is -0.403. The third-order valence-electron chi connectivity index (χ3n) is 5.18. The molecule has 0 atom stereocenters. The normalized spacial score (nSPS) is 10.4. The topological polar surface area (TPSA) is 103 Å². The van der Waals surface area contributed by atoms with Crippen LogP contribution in [0.3, 0.4) is 0 Å². The van der Waals surface area contributed by atoms with Crippen LogP contribution in [0.1, 0.15) is 10.4 Å². The summed E-state index contributed by atoms with van der Waals surface area (Å²) < 4.78 is 15.7. The number of nitrogens with one attached hydrogen (secondary N) is 2. The van der Waals surface area contributed by atoms with Gasteiger partial charge in [0.1, 0.15) is 11.5 Å². The fourth-order valence-corrected chi connectivity index (χ4v) is 3.41. The Bertz CT molecular complexity index is 1380. The van der Waals surface area contributed by atoms with E-state index in [1.54, 1.807) is 49.6 Å². The monoisotopic (exact) mass is 484 g/mol. The van der Waals surface area contributed by atoms with Crippen molar-refractivity contribution in [3.05, 3.63) is 96.6 Å². The van der Waals surface area contributed by atoms with E-state index in [9.17, 15) is 14.4 Å². The van der Waals surface area contributed by atoms with E-state index in [0.717, 1.165) is 10.8 Å². The molecule has 0 saturated carbocycles. The summed E-state index contributed by atoms with van der Waals surface area (Å²) >= 11 is 0. The zero-order valence-electron chi connectivity index (χ0n) is 19.5. The van der Waals surface area contributed by atoms with Crippen molar-refractivity contribution >= 4 is 39.9 Å². The highest BCUT2D eigenvalue weighted by Crippen LogP contribution is 2.19. The SMILES string of the molecule is COc1cccc(NC(=O)COc2ccc(C(=O)OCC(=O)Nc3ccc4ccccc4c3)cc2)c1. The Balaban J connectivity index is 1.22. The summed E-state index contributed by atoms with van der Waals surface area (Å²) in [7, 11) is 1.55. The number of ether oxygens (including phenoxy) is 3. The van der Waals surface area contributed by atoms with Gasteiger partial charge in [-0.1, -0.05) is 36.4 Å². The maximum absolute atomic E-state index is 12.3. The van der Waals surface area contributed by atoms with Crippen LogP contribution in [0.5, 0.6) is 11.5 Å². The maximum atomic E-state index is 12.3. The molecule has 0 fully saturated rings. The van der Waals surface area contributed by atoms with Gasteiger partial charge in [0.05, 0.1) is 12.7 Å². The van der Waals surface area contributed by atoms with E-state index >= 15 is 0 Å².